The summed E-state index contributed by atoms with van der Waals surface area (Å²) in [5, 5.41) is 2.02. The zero-order valence-corrected chi connectivity index (χ0v) is 14.1. The molecule has 0 N–H and O–H groups in total. The van der Waals surface area contributed by atoms with Crippen LogP contribution in [0.2, 0.25) is 0 Å². The molecule has 0 fully saturated rings. The topological polar surface area (TPSA) is 29.9 Å². The SMILES string of the molecule is [2H]C([2H])(CC)c1cc[n+](C)c(-c2c(C)ccc3c2oc2ncccc23)c1. The highest BCUT2D eigenvalue weighted by atomic mass is 16.3. The lowest BCUT2D eigenvalue weighted by Crippen LogP contribution is -2.30. The van der Waals surface area contributed by atoms with Crippen molar-refractivity contribution in [2.24, 2.45) is 7.05 Å². The number of fused-ring (bicyclic) bond motifs is 3. The molecular weight excluding hydrogens is 296 g/mol. The predicted octanol–water partition coefficient (Wildman–Crippen LogP) is 4.73. The Balaban J connectivity index is 2.06. The molecule has 4 aromatic rings. The van der Waals surface area contributed by atoms with Crippen LogP contribution in [0.15, 0.2) is 53.2 Å². The van der Waals surface area contributed by atoms with Crippen molar-refractivity contribution in [3.05, 3.63) is 59.9 Å². The quantitative estimate of drug-likeness (QED) is 0.511. The number of furan rings is 1. The van der Waals surface area contributed by atoms with Gasteiger partial charge in [-0.1, -0.05) is 25.5 Å². The smallest absolute Gasteiger partial charge is 0.227 e. The summed E-state index contributed by atoms with van der Waals surface area (Å²) in [6.07, 6.45) is 2.71. The summed E-state index contributed by atoms with van der Waals surface area (Å²) in [5.74, 6) is 0. The first-order chi connectivity index (χ1) is 12.4. The molecule has 24 heavy (non-hydrogen) atoms. The normalized spacial score (nSPS) is 13.3. The molecule has 0 aliphatic heterocycles. The Morgan fingerprint density at radius 2 is 2.08 bits per heavy atom. The van der Waals surface area contributed by atoms with Crippen molar-refractivity contribution in [2.75, 3.05) is 0 Å². The van der Waals surface area contributed by atoms with Crippen molar-refractivity contribution in [3.8, 4) is 11.3 Å². The highest BCUT2D eigenvalue weighted by molar-refractivity contribution is 6.08. The fourth-order valence-corrected chi connectivity index (χ4v) is 3.22. The highest BCUT2D eigenvalue weighted by Gasteiger charge is 2.21. The van der Waals surface area contributed by atoms with E-state index < -0.39 is 6.37 Å². The standard InChI is InChI=1S/C21H21N2O/c1-4-6-15-10-12-23(3)18(13-15)19-14(2)8-9-16-17-7-5-11-22-21(17)24-20(16)19/h5,7-13H,4,6H2,1-3H3/q+1/i6D2. The summed E-state index contributed by atoms with van der Waals surface area (Å²) in [6.45, 7) is 3.92. The molecule has 3 aromatic heterocycles. The maximum Gasteiger partial charge on any atom is 0.227 e. The van der Waals surface area contributed by atoms with Crippen molar-refractivity contribution in [1.29, 1.82) is 0 Å². The molecule has 0 amide bonds. The first-order valence-electron chi connectivity index (χ1n) is 9.20. The number of aryl methyl sites for hydroxylation is 3. The Morgan fingerprint density at radius 1 is 1.21 bits per heavy atom. The molecule has 0 bridgehead atoms. The van der Waals surface area contributed by atoms with E-state index in [0.717, 1.165) is 33.2 Å². The molecule has 0 aliphatic rings. The van der Waals surface area contributed by atoms with E-state index in [2.05, 4.69) is 24.0 Å². The zero-order chi connectivity index (χ0) is 18.5. The number of nitrogens with zero attached hydrogens (tertiary/aromatic N) is 2. The van der Waals surface area contributed by atoms with Gasteiger partial charge in [-0.3, -0.25) is 0 Å². The largest absolute Gasteiger partial charge is 0.437 e. The molecule has 0 aliphatic carbocycles. The van der Waals surface area contributed by atoms with Gasteiger partial charge in [0.2, 0.25) is 11.4 Å². The molecule has 3 nitrogen and oxygen atoms in total. The van der Waals surface area contributed by atoms with Gasteiger partial charge in [0, 0.05) is 31.8 Å². The second kappa shape index (κ2) is 5.75. The maximum absolute atomic E-state index is 8.27. The summed E-state index contributed by atoms with van der Waals surface area (Å²) in [7, 11) is 1.97. The van der Waals surface area contributed by atoms with Gasteiger partial charge in [-0.05, 0) is 36.6 Å². The van der Waals surface area contributed by atoms with Gasteiger partial charge in [0.15, 0.2) is 11.8 Å². The molecule has 0 spiro atoms. The van der Waals surface area contributed by atoms with Gasteiger partial charge in [0.05, 0.1) is 5.56 Å². The summed E-state index contributed by atoms with van der Waals surface area (Å²) in [4.78, 5) is 4.34. The van der Waals surface area contributed by atoms with Crippen LogP contribution in [0, 0.1) is 6.92 Å². The Labute approximate surface area is 144 Å². The van der Waals surface area contributed by atoms with E-state index in [1.807, 2.05) is 49.0 Å². The van der Waals surface area contributed by atoms with E-state index in [9.17, 15) is 0 Å². The fourth-order valence-electron chi connectivity index (χ4n) is 3.22. The van der Waals surface area contributed by atoms with Crippen molar-refractivity contribution >= 4 is 22.1 Å². The van der Waals surface area contributed by atoms with Crippen LogP contribution >= 0.6 is 0 Å². The van der Waals surface area contributed by atoms with Gasteiger partial charge < -0.3 is 4.42 Å². The van der Waals surface area contributed by atoms with E-state index >= 15 is 0 Å². The van der Waals surface area contributed by atoms with Crippen LogP contribution in [-0.4, -0.2) is 4.98 Å². The van der Waals surface area contributed by atoms with Crippen LogP contribution in [-0.2, 0) is 13.4 Å². The Hall–Kier alpha value is -2.68. The van der Waals surface area contributed by atoms with Crippen molar-refractivity contribution in [1.82, 2.24) is 4.98 Å². The Kier molecular flexibility index (Phi) is 3.04. The molecule has 0 radical (unpaired) electrons. The molecule has 1 aromatic carbocycles. The number of benzene rings is 1. The van der Waals surface area contributed by atoms with E-state index in [-0.39, 0.29) is 0 Å². The van der Waals surface area contributed by atoms with Crippen LogP contribution < -0.4 is 4.57 Å². The molecular formula is C21H21N2O+. The van der Waals surface area contributed by atoms with Gasteiger partial charge in [-0.2, -0.15) is 0 Å². The monoisotopic (exact) mass is 319 g/mol. The van der Waals surface area contributed by atoms with Crippen LogP contribution in [0.5, 0.6) is 0 Å². The van der Waals surface area contributed by atoms with Crippen molar-refractivity contribution < 1.29 is 11.7 Å². The highest BCUT2D eigenvalue weighted by Crippen LogP contribution is 2.36. The molecule has 3 heterocycles. The third kappa shape index (κ3) is 2.28. The van der Waals surface area contributed by atoms with Crippen molar-refractivity contribution in [3.63, 3.8) is 0 Å². The van der Waals surface area contributed by atoms with E-state index in [4.69, 9.17) is 7.16 Å². The third-order valence-electron chi connectivity index (χ3n) is 4.41. The molecule has 0 saturated heterocycles. The minimum Gasteiger partial charge on any atom is -0.437 e. The molecule has 0 unspecified atom stereocenters. The van der Waals surface area contributed by atoms with E-state index in [0.29, 0.717) is 17.7 Å². The Morgan fingerprint density at radius 3 is 2.92 bits per heavy atom. The predicted molar refractivity (Wildman–Crippen MR) is 96.9 cm³/mol. The summed E-state index contributed by atoms with van der Waals surface area (Å²) in [5.41, 5.74) is 5.10. The maximum atomic E-state index is 8.27. The second-order valence-electron chi connectivity index (χ2n) is 6.03. The lowest BCUT2D eigenvalue weighted by molar-refractivity contribution is -0.660. The van der Waals surface area contributed by atoms with Crippen molar-refractivity contribution in [2.45, 2.75) is 26.6 Å². The molecule has 120 valence electrons. The average Bonchev–Trinajstić information content (AvgIpc) is 3.01. The number of rotatable bonds is 3. The molecule has 0 atom stereocenters. The van der Waals surface area contributed by atoms with Crippen LogP contribution in [0.25, 0.3) is 33.3 Å². The van der Waals surface area contributed by atoms with Gasteiger partial charge in [0.25, 0.3) is 0 Å². The minimum absolute atomic E-state index is 0.428. The second-order valence-corrected chi connectivity index (χ2v) is 6.03. The van der Waals surface area contributed by atoms with Crippen LogP contribution in [0.4, 0.5) is 0 Å². The number of aromatic nitrogens is 2. The van der Waals surface area contributed by atoms with Gasteiger partial charge >= 0.3 is 0 Å². The average molecular weight is 319 g/mol. The lowest BCUT2D eigenvalue weighted by atomic mass is 9.99. The minimum atomic E-state index is -1.36. The molecule has 4 rings (SSSR count). The zero-order valence-electron chi connectivity index (χ0n) is 16.1. The van der Waals surface area contributed by atoms with Crippen LogP contribution in [0.3, 0.4) is 0 Å². The van der Waals surface area contributed by atoms with E-state index in [1.165, 1.54) is 0 Å². The first kappa shape index (κ1) is 12.7. The summed E-state index contributed by atoms with van der Waals surface area (Å²) < 4.78 is 24.7. The van der Waals surface area contributed by atoms with Crippen LogP contribution in [0.1, 0.15) is 27.2 Å². The van der Waals surface area contributed by atoms with Gasteiger partial charge in [-0.25, -0.2) is 9.55 Å². The molecule has 0 saturated carbocycles. The van der Waals surface area contributed by atoms with Gasteiger partial charge in [0.1, 0.15) is 7.05 Å². The van der Waals surface area contributed by atoms with Gasteiger partial charge in [-0.15, -0.1) is 0 Å². The number of hydrogen-bond acceptors (Lipinski definition) is 2. The third-order valence-corrected chi connectivity index (χ3v) is 4.41. The Bertz CT molecular complexity index is 1130. The number of pyridine rings is 2. The summed E-state index contributed by atoms with van der Waals surface area (Å²) in [6, 6.07) is 11.9. The lowest BCUT2D eigenvalue weighted by Gasteiger charge is -2.07. The first-order valence-corrected chi connectivity index (χ1v) is 8.20. The number of hydrogen-bond donors (Lipinski definition) is 0. The fraction of sp³-hybridized carbons (Fsp3) is 0.238. The summed E-state index contributed by atoms with van der Waals surface area (Å²) >= 11 is 0. The van der Waals surface area contributed by atoms with E-state index in [1.54, 1.807) is 6.20 Å². The molecule has 3 heteroatoms.